The van der Waals surface area contributed by atoms with E-state index in [9.17, 15) is 0 Å². The molecule has 0 amide bonds. The van der Waals surface area contributed by atoms with Crippen molar-refractivity contribution >= 4 is 6.08 Å². The van der Waals surface area contributed by atoms with Crippen LogP contribution in [0.25, 0.3) is 17.2 Å². The van der Waals surface area contributed by atoms with Crippen LogP contribution in [0.5, 0.6) is 0 Å². The predicted octanol–water partition coefficient (Wildman–Crippen LogP) is 4.62. The lowest BCUT2D eigenvalue weighted by molar-refractivity contribution is 1.43. The molecule has 0 heterocycles. The molecule has 0 nitrogen and oxygen atoms in total. The molecule has 0 radical (unpaired) electrons. The van der Waals surface area contributed by atoms with Gasteiger partial charge in [-0.2, -0.15) is 0 Å². The molecule has 0 aliphatic carbocycles. The van der Waals surface area contributed by atoms with E-state index < -0.39 is 0 Å². The highest BCUT2D eigenvalue weighted by Gasteiger charge is 2.00. The highest BCUT2D eigenvalue weighted by molar-refractivity contribution is 5.68. The van der Waals surface area contributed by atoms with Crippen molar-refractivity contribution in [1.29, 1.82) is 0 Å². The average Bonchev–Trinajstić information content (AvgIpc) is 2.38. The van der Waals surface area contributed by atoms with Crippen molar-refractivity contribution in [3.63, 3.8) is 0 Å². The Morgan fingerprint density at radius 1 is 0.944 bits per heavy atom. The van der Waals surface area contributed by atoms with Crippen LogP contribution < -0.4 is 0 Å². The Kier molecular flexibility index (Phi) is 3.65. The zero-order valence-corrected chi connectivity index (χ0v) is 10.8. The van der Waals surface area contributed by atoms with Crippen molar-refractivity contribution in [1.82, 2.24) is 0 Å². The van der Waals surface area contributed by atoms with E-state index in [2.05, 4.69) is 62.2 Å². The SMILES string of the molecule is C#C/C=C\c1ccc(-c2ccc(C)cc2)cc1C. The fourth-order valence-corrected chi connectivity index (χ4v) is 1.93. The average molecular weight is 232 g/mol. The van der Waals surface area contributed by atoms with Crippen LogP contribution in [-0.4, -0.2) is 0 Å². The van der Waals surface area contributed by atoms with Gasteiger partial charge in [0.25, 0.3) is 0 Å². The van der Waals surface area contributed by atoms with Crippen LogP contribution in [0.1, 0.15) is 16.7 Å². The molecule has 0 unspecified atom stereocenters. The maximum absolute atomic E-state index is 5.22. The van der Waals surface area contributed by atoms with Gasteiger partial charge in [0.2, 0.25) is 0 Å². The first kappa shape index (κ1) is 12.2. The monoisotopic (exact) mass is 232 g/mol. The van der Waals surface area contributed by atoms with Gasteiger partial charge < -0.3 is 0 Å². The van der Waals surface area contributed by atoms with E-state index in [4.69, 9.17) is 6.42 Å². The highest BCUT2D eigenvalue weighted by Crippen LogP contribution is 2.23. The van der Waals surface area contributed by atoms with Gasteiger partial charge in [0.05, 0.1) is 0 Å². The molecule has 0 fully saturated rings. The number of allylic oxidation sites excluding steroid dienone is 1. The number of rotatable bonds is 2. The molecule has 0 N–H and O–H groups in total. The molecule has 0 aliphatic rings. The summed E-state index contributed by atoms with van der Waals surface area (Å²) in [5.41, 5.74) is 6.17. The molecule has 88 valence electrons. The minimum atomic E-state index is 1.17. The first-order valence-corrected chi connectivity index (χ1v) is 6.01. The molecule has 0 saturated carbocycles. The van der Waals surface area contributed by atoms with Crippen LogP contribution in [0.15, 0.2) is 48.5 Å². The highest BCUT2D eigenvalue weighted by atomic mass is 14.0. The largest absolute Gasteiger partial charge is 0.115 e. The Hall–Kier alpha value is -2.26. The molecule has 0 heteroatoms. The van der Waals surface area contributed by atoms with Gasteiger partial charge in [-0.15, -0.1) is 6.42 Å². The Labute approximate surface area is 109 Å². The lowest BCUT2D eigenvalue weighted by Gasteiger charge is -2.06. The molecule has 18 heavy (non-hydrogen) atoms. The van der Waals surface area contributed by atoms with Crippen LogP contribution in [0.2, 0.25) is 0 Å². The van der Waals surface area contributed by atoms with E-state index in [0.717, 1.165) is 0 Å². The second-order valence-electron chi connectivity index (χ2n) is 4.44. The van der Waals surface area contributed by atoms with Gasteiger partial charge in [0.1, 0.15) is 0 Å². The zero-order valence-electron chi connectivity index (χ0n) is 10.8. The van der Waals surface area contributed by atoms with Gasteiger partial charge >= 0.3 is 0 Å². The van der Waals surface area contributed by atoms with Crippen LogP contribution in [0, 0.1) is 26.2 Å². The van der Waals surface area contributed by atoms with Crippen LogP contribution in [-0.2, 0) is 0 Å². The summed E-state index contributed by atoms with van der Waals surface area (Å²) in [6, 6.07) is 15.0. The summed E-state index contributed by atoms with van der Waals surface area (Å²) in [5.74, 6) is 2.52. The van der Waals surface area contributed by atoms with Crippen LogP contribution in [0.3, 0.4) is 0 Å². The lowest BCUT2D eigenvalue weighted by atomic mass is 9.99. The Balaban J connectivity index is 2.37. The van der Waals surface area contributed by atoms with E-state index in [1.165, 1.54) is 27.8 Å². The zero-order chi connectivity index (χ0) is 13.0. The second-order valence-corrected chi connectivity index (χ2v) is 4.44. The quantitative estimate of drug-likeness (QED) is 0.663. The third kappa shape index (κ3) is 2.70. The molecule has 2 aromatic carbocycles. The van der Waals surface area contributed by atoms with Crippen molar-refractivity contribution in [2.75, 3.05) is 0 Å². The molecule has 0 bridgehead atoms. The number of terminal acetylenes is 1. The number of hydrogen-bond donors (Lipinski definition) is 0. The van der Waals surface area contributed by atoms with Gasteiger partial charge in [-0.05, 0) is 48.3 Å². The van der Waals surface area contributed by atoms with Gasteiger partial charge in [-0.25, -0.2) is 0 Å². The van der Waals surface area contributed by atoms with Crippen molar-refractivity contribution in [2.45, 2.75) is 13.8 Å². The molecule has 0 atom stereocenters. The third-order valence-electron chi connectivity index (χ3n) is 3.01. The molecule has 2 rings (SSSR count). The Morgan fingerprint density at radius 3 is 2.22 bits per heavy atom. The fourth-order valence-electron chi connectivity index (χ4n) is 1.93. The minimum Gasteiger partial charge on any atom is -0.115 e. The van der Waals surface area contributed by atoms with Crippen molar-refractivity contribution in [3.8, 4) is 23.5 Å². The number of benzene rings is 2. The van der Waals surface area contributed by atoms with Crippen molar-refractivity contribution < 1.29 is 0 Å². The molecular formula is C18H16. The summed E-state index contributed by atoms with van der Waals surface area (Å²) < 4.78 is 0. The van der Waals surface area contributed by atoms with E-state index in [1.54, 1.807) is 6.08 Å². The number of aryl methyl sites for hydroxylation is 2. The maximum Gasteiger partial charge on any atom is -0.0116 e. The van der Waals surface area contributed by atoms with E-state index >= 15 is 0 Å². The van der Waals surface area contributed by atoms with Gasteiger partial charge in [-0.3, -0.25) is 0 Å². The Bertz CT molecular complexity index is 607. The first-order chi connectivity index (χ1) is 8.70. The van der Waals surface area contributed by atoms with E-state index in [-0.39, 0.29) is 0 Å². The normalized spacial score (nSPS) is 10.5. The van der Waals surface area contributed by atoms with Crippen LogP contribution >= 0.6 is 0 Å². The summed E-state index contributed by atoms with van der Waals surface area (Å²) in [4.78, 5) is 0. The smallest absolute Gasteiger partial charge is 0.0116 e. The topological polar surface area (TPSA) is 0 Å². The number of hydrogen-bond acceptors (Lipinski definition) is 0. The molecule has 0 aromatic heterocycles. The fraction of sp³-hybridized carbons (Fsp3) is 0.111. The van der Waals surface area contributed by atoms with Crippen molar-refractivity contribution in [2.24, 2.45) is 0 Å². The van der Waals surface area contributed by atoms with E-state index in [1.807, 2.05) is 6.08 Å². The molecule has 0 spiro atoms. The van der Waals surface area contributed by atoms with Crippen molar-refractivity contribution in [3.05, 3.63) is 65.2 Å². The maximum atomic E-state index is 5.22. The van der Waals surface area contributed by atoms with Gasteiger partial charge in [-0.1, -0.05) is 53.9 Å². The standard InChI is InChI=1S/C18H16/c1-4-5-6-16-11-12-18(13-15(16)3)17-9-7-14(2)8-10-17/h1,5-13H,2-3H3/b6-5-. The summed E-state index contributed by atoms with van der Waals surface area (Å²) in [5, 5.41) is 0. The predicted molar refractivity (Wildman–Crippen MR) is 79.2 cm³/mol. The van der Waals surface area contributed by atoms with Crippen LogP contribution in [0.4, 0.5) is 0 Å². The Morgan fingerprint density at radius 2 is 1.61 bits per heavy atom. The van der Waals surface area contributed by atoms with E-state index in [0.29, 0.717) is 0 Å². The minimum absolute atomic E-state index is 1.17. The summed E-state index contributed by atoms with van der Waals surface area (Å²) >= 11 is 0. The summed E-state index contributed by atoms with van der Waals surface area (Å²) in [6.07, 6.45) is 8.92. The molecule has 0 aliphatic heterocycles. The van der Waals surface area contributed by atoms with Gasteiger partial charge in [0.15, 0.2) is 0 Å². The summed E-state index contributed by atoms with van der Waals surface area (Å²) in [7, 11) is 0. The molecule has 2 aromatic rings. The van der Waals surface area contributed by atoms with Gasteiger partial charge in [0, 0.05) is 0 Å². The first-order valence-electron chi connectivity index (χ1n) is 6.01. The molecule has 0 saturated heterocycles. The molecular weight excluding hydrogens is 216 g/mol. The lowest BCUT2D eigenvalue weighted by Crippen LogP contribution is -1.84. The summed E-state index contributed by atoms with van der Waals surface area (Å²) in [6.45, 7) is 4.20. The third-order valence-corrected chi connectivity index (χ3v) is 3.01. The second kappa shape index (κ2) is 5.38.